The maximum atomic E-state index is 12.8. The third kappa shape index (κ3) is 4.24. The number of carbonyl (C=O) groups is 1. The molecule has 142 valence electrons. The Balaban J connectivity index is 1.67. The summed E-state index contributed by atoms with van der Waals surface area (Å²) >= 11 is 3.49. The average Bonchev–Trinajstić information content (AvgIpc) is 3.04. The van der Waals surface area contributed by atoms with Gasteiger partial charge in [0.1, 0.15) is 29.4 Å². The van der Waals surface area contributed by atoms with Crippen LogP contribution in [-0.2, 0) is 6.42 Å². The molecule has 3 rings (SSSR count). The molecule has 0 aliphatic rings. The molecular formula is C20H22BrN3O3. The lowest BCUT2D eigenvalue weighted by atomic mass is 10.2. The Kier molecular flexibility index (Phi) is 6.01. The van der Waals surface area contributed by atoms with Crippen molar-refractivity contribution in [3.8, 4) is 11.5 Å². The van der Waals surface area contributed by atoms with Crippen molar-refractivity contribution < 1.29 is 14.3 Å². The van der Waals surface area contributed by atoms with Crippen molar-refractivity contribution in [3.05, 3.63) is 58.0 Å². The molecule has 27 heavy (non-hydrogen) atoms. The van der Waals surface area contributed by atoms with Gasteiger partial charge in [-0.05, 0) is 65.2 Å². The van der Waals surface area contributed by atoms with Crippen molar-refractivity contribution in [1.82, 2.24) is 14.7 Å². The summed E-state index contributed by atoms with van der Waals surface area (Å²) in [5.74, 6) is 1.35. The van der Waals surface area contributed by atoms with Crippen LogP contribution in [0.3, 0.4) is 0 Å². The van der Waals surface area contributed by atoms with E-state index in [1.54, 1.807) is 7.11 Å². The summed E-state index contributed by atoms with van der Waals surface area (Å²) in [5.41, 5.74) is 3.17. The molecule has 0 saturated heterocycles. The predicted octanol–water partition coefficient (Wildman–Crippen LogP) is 3.79. The number of carbonyl (C=O) groups excluding carboxylic acids is 1. The Morgan fingerprint density at radius 3 is 2.63 bits per heavy atom. The number of amides is 1. The maximum Gasteiger partial charge on any atom is 0.270 e. The lowest BCUT2D eigenvalue weighted by molar-refractivity contribution is 0.0940. The van der Waals surface area contributed by atoms with Crippen LogP contribution in [0.1, 0.15) is 28.7 Å². The van der Waals surface area contributed by atoms with Crippen LogP contribution in [-0.4, -0.2) is 35.6 Å². The zero-order valence-electron chi connectivity index (χ0n) is 15.6. The van der Waals surface area contributed by atoms with Crippen LogP contribution in [0.2, 0.25) is 0 Å². The number of benzene rings is 1. The van der Waals surface area contributed by atoms with Gasteiger partial charge in [-0.3, -0.25) is 9.20 Å². The Morgan fingerprint density at radius 1 is 1.26 bits per heavy atom. The summed E-state index contributed by atoms with van der Waals surface area (Å²) in [6.07, 6.45) is 2.56. The Morgan fingerprint density at radius 2 is 1.96 bits per heavy atom. The van der Waals surface area contributed by atoms with Gasteiger partial charge in [0.05, 0.1) is 19.3 Å². The highest BCUT2D eigenvalue weighted by Crippen LogP contribution is 2.21. The van der Waals surface area contributed by atoms with Gasteiger partial charge in [-0.2, -0.15) is 0 Å². The van der Waals surface area contributed by atoms with Gasteiger partial charge < -0.3 is 14.8 Å². The number of ether oxygens (including phenoxy) is 2. The van der Waals surface area contributed by atoms with Gasteiger partial charge in [0.25, 0.3) is 5.91 Å². The van der Waals surface area contributed by atoms with E-state index in [1.165, 1.54) is 0 Å². The fraction of sp³-hybridized carbons (Fsp3) is 0.300. The van der Waals surface area contributed by atoms with E-state index >= 15 is 0 Å². The number of halogens is 1. The van der Waals surface area contributed by atoms with Crippen LogP contribution in [0.5, 0.6) is 11.5 Å². The number of nitrogens with zero attached hydrogens (tertiary/aromatic N) is 2. The molecule has 3 aromatic rings. The lowest BCUT2D eigenvalue weighted by Crippen LogP contribution is -2.29. The summed E-state index contributed by atoms with van der Waals surface area (Å²) in [4.78, 5) is 17.4. The first-order chi connectivity index (χ1) is 13.0. The first-order valence-corrected chi connectivity index (χ1v) is 9.55. The summed E-state index contributed by atoms with van der Waals surface area (Å²) in [5, 5.41) is 2.92. The molecule has 0 unspecified atom stereocenters. The van der Waals surface area contributed by atoms with Crippen LogP contribution < -0.4 is 14.8 Å². The van der Waals surface area contributed by atoms with Gasteiger partial charge in [0.2, 0.25) is 0 Å². The number of imidazole rings is 1. The van der Waals surface area contributed by atoms with Crippen LogP contribution in [0.25, 0.3) is 5.65 Å². The first-order valence-electron chi connectivity index (χ1n) is 8.75. The van der Waals surface area contributed by atoms with Crippen LogP contribution in [0, 0.1) is 6.92 Å². The minimum Gasteiger partial charge on any atom is -0.497 e. The molecule has 0 saturated carbocycles. The van der Waals surface area contributed by atoms with Gasteiger partial charge in [-0.15, -0.1) is 0 Å². The molecule has 1 aromatic carbocycles. The molecule has 1 N–H and O–H groups in total. The van der Waals surface area contributed by atoms with E-state index in [-0.39, 0.29) is 5.91 Å². The van der Waals surface area contributed by atoms with E-state index in [0.717, 1.165) is 32.9 Å². The Hall–Kier alpha value is -2.54. The zero-order chi connectivity index (χ0) is 19.4. The second kappa shape index (κ2) is 8.43. The number of aryl methyl sites for hydroxylation is 2. The maximum absolute atomic E-state index is 12.8. The van der Waals surface area contributed by atoms with Crippen molar-refractivity contribution in [3.63, 3.8) is 0 Å². The van der Waals surface area contributed by atoms with Gasteiger partial charge in [0, 0.05) is 10.7 Å². The Bertz CT molecular complexity index is 951. The number of nitrogens with one attached hydrogen (secondary N) is 1. The van der Waals surface area contributed by atoms with E-state index < -0.39 is 0 Å². The molecule has 0 atom stereocenters. The Labute approximate surface area is 166 Å². The molecule has 0 spiro atoms. The number of pyridine rings is 1. The van der Waals surface area contributed by atoms with Gasteiger partial charge in [0.15, 0.2) is 0 Å². The second-order valence-electron chi connectivity index (χ2n) is 6.08. The quantitative estimate of drug-likeness (QED) is 0.578. The average molecular weight is 432 g/mol. The molecule has 6 nitrogen and oxygen atoms in total. The minimum atomic E-state index is -0.157. The van der Waals surface area contributed by atoms with Crippen molar-refractivity contribution in [2.75, 3.05) is 20.3 Å². The highest BCUT2D eigenvalue weighted by molar-refractivity contribution is 9.10. The van der Waals surface area contributed by atoms with E-state index in [2.05, 4.69) is 26.2 Å². The second-order valence-corrected chi connectivity index (χ2v) is 6.99. The molecule has 1 amide bonds. The molecule has 0 fully saturated rings. The van der Waals surface area contributed by atoms with Gasteiger partial charge >= 0.3 is 0 Å². The molecule has 0 aliphatic heterocycles. The fourth-order valence-electron chi connectivity index (χ4n) is 2.89. The molecule has 0 bridgehead atoms. The minimum absolute atomic E-state index is 0.157. The standard InChI is InChI=1S/C20H22BrN3O3/c1-4-17-18(24-12-14(21)11-13(2)19(24)23-17)20(25)22-9-10-27-16-7-5-15(26-3)6-8-16/h5-8,11-12H,4,9-10H2,1-3H3,(H,22,25). The van der Waals surface area contributed by atoms with Crippen molar-refractivity contribution in [1.29, 1.82) is 0 Å². The van der Waals surface area contributed by atoms with Crippen LogP contribution in [0.4, 0.5) is 0 Å². The van der Waals surface area contributed by atoms with Gasteiger partial charge in [-0.1, -0.05) is 6.92 Å². The fourth-order valence-corrected chi connectivity index (χ4v) is 3.44. The molecule has 2 aromatic heterocycles. The third-order valence-electron chi connectivity index (χ3n) is 4.21. The number of hydrogen-bond acceptors (Lipinski definition) is 4. The molecule has 0 radical (unpaired) electrons. The topological polar surface area (TPSA) is 64.9 Å². The van der Waals surface area contributed by atoms with E-state index in [1.807, 2.05) is 54.8 Å². The third-order valence-corrected chi connectivity index (χ3v) is 4.64. The molecule has 7 heteroatoms. The van der Waals surface area contributed by atoms with Crippen LogP contribution >= 0.6 is 15.9 Å². The number of fused-ring (bicyclic) bond motifs is 1. The first kappa shape index (κ1) is 19.2. The van der Waals surface area contributed by atoms with Gasteiger partial charge in [-0.25, -0.2) is 4.98 Å². The molecular weight excluding hydrogens is 410 g/mol. The summed E-state index contributed by atoms with van der Waals surface area (Å²) in [6.45, 7) is 4.75. The van der Waals surface area contributed by atoms with E-state index in [0.29, 0.717) is 25.3 Å². The van der Waals surface area contributed by atoms with Crippen molar-refractivity contribution in [2.45, 2.75) is 20.3 Å². The highest BCUT2D eigenvalue weighted by atomic mass is 79.9. The molecule has 2 heterocycles. The SMILES string of the molecule is CCc1nc2c(C)cc(Br)cn2c1C(=O)NCCOc1ccc(OC)cc1. The predicted molar refractivity (Wildman–Crippen MR) is 108 cm³/mol. The van der Waals surface area contributed by atoms with Crippen molar-refractivity contribution in [2.24, 2.45) is 0 Å². The van der Waals surface area contributed by atoms with E-state index in [9.17, 15) is 4.79 Å². The summed E-state index contributed by atoms with van der Waals surface area (Å²) in [6, 6.07) is 9.33. The smallest absolute Gasteiger partial charge is 0.270 e. The number of hydrogen-bond donors (Lipinski definition) is 1. The zero-order valence-corrected chi connectivity index (χ0v) is 17.2. The molecule has 0 aliphatic carbocycles. The number of methoxy groups -OCH3 is 1. The van der Waals surface area contributed by atoms with Crippen LogP contribution in [0.15, 0.2) is 41.0 Å². The van der Waals surface area contributed by atoms with Crippen molar-refractivity contribution >= 4 is 27.5 Å². The normalized spacial score (nSPS) is 10.8. The lowest BCUT2D eigenvalue weighted by Gasteiger charge is -2.09. The highest BCUT2D eigenvalue weighted by Gasteiger charge is 2.19. The summed E-state index contributed by atoms with van der Waals surface area (Å²) in [7, 11) is 1.62. The van der Waals surface area contributed by atoms with E-state index in [4.69, 9.17) is 9.47 Å². The monoisotopic (exact) mass is 431 g/mol. The largest absolute Gasteiger partial charge is 0.497 e. The summed E-state index contributed by atoms with van der Waals surface area (Å²) < 4.78 is 13.5. The number of rotatable bonds is 7. The number of aromatic nitrogens is 2.